The summed E-state index contributed by atoms with van der Waals surface area (Å²) in [5.74, 6) is -0.133. The number of benzene rings is 3. The third-order valence-electron chi connectivity index (χ3n) is 4.29. The maximum absolute atomic E-state index is 13.1. The largest absolute Gasteiger partial charge is 0.325 e. The molecule has 1 unspecified atom stereocenters. The van der Waals surface area contributed by atoms with Crippen molar-refractivity contribution in [3.8, 4) is 5.69 Å². The van der Waals surface area contributed by atoms with Crippen molar-refractivity contribution in [3.05, 3.63) is 96.1 Å². The molecule has 3 aromatic carbocycles. The first-order valence-electron chi connectivity index (χ1n) is 9.13. The van der Waals surface area contributed by atoms with Crippen LogP contribution in [0, 0.1) is 6.92 Å². The van der Waals surface area contributed by atoms with Gasteiger partial charge in [-0.25, -0.2) is 0 Å². The van der Waals surface area contributed by atoms with Gasteiger partial charge < -0.3 is 5.32 Å². The van der Waals surface area contributed by atoms with Crippen LogP contribution >= 0.6 is 11.8 Å². The van der Waals surface area contributed by atoms with E-state index in [1.807, 2.05) is 91.9 Å². The zero-order valence-electron chi connectivity index (χ0n) is 15.8. The average Bonchev–Trinajstić information content (AvgIpc) is 3.22. The number of carbonyl (C=O) groups is 1. The zero-order chi connectivity index (χ0) is 20.1. The Bertz CT molecular complexity index is 1100. The number of aromatic nitrogens is 4. The molecule has 0 saturated heterocycles. The van der Waals surface area contributed by atoms with Gasteiger partial charge in [0.15, 0.2) is 0 Å². The Kier molecular flexibility index (Phi) is 5.67. The monoisotopic (exact) mass is 401 g/mol. The second-order valence-corrected chi connectivity index (χ2v) is 7.55. The molecule has 0 spiro atoms. The molecular weight excluding hydrogens is 382 g/mol. The topological polar surface area (TPSA) is 72.7 Å². The number of para-hydroxylation sites is 1. The zero-order valence-corrected chi connectivity index (χ0v) is 16.6. The molecule has 144 valence electrons. The smallest absolute Gasteiger partial charge is 0.242 e. The highest BCUT2D eigenvalue weighted by atomic mass is 32.2. The van der Waals surface area contributed by atoms with E-state index in [0.717, 1.165) is 22.5 Å². The van der Waals surface area contributed by atoms with Crippen LogP contribution in [-0.4, -0.2) is 26.1 Å². The number of thioether (sulfide) groups is 1. The Labute approximate surface area is 173 Å². The first kappa shape index (κ1) is 18.9. The molecule has 0 bridgehead atoms. The molecule has 0 radical (unpaired) electrons. The molecule has 1 N–H and O–H groups in total. The number of nitrogens with one attached hydrogen (secondary N) is 1. The summed E-state index contributed by atoms with van der Waals surface area (Å²) in [5.41, 5.74) is 3.59. The van der Waals surface area contributed by atoms with Crippen molar-refractivity contribution in [1.82, 2.24) is 20.2 Å². The minimum absolute atomic E-state index is 0.133. The van der Waals surface area contributed by atoms with Crippen LogP contribution in [0.4, 0.5) is 5.69 Å². The molecule has 0 aliphatic heterocycles. The second-order valence-electron chi connectivity index (χ2n) is 6.48. The number of rotatable bonds is 6. The Morgan fingerprint density at radius 2 is 1.69 bits per heavy atom. The highest BCUT2D eigenvalue weighted by molar-refractivity contribution is 8.00. The normalized spacial score (nSPS) is 11.8. The summed E-state index contributed by atoms with van der Waals surface area (Å²) in [7, 11) is 0. The van der Waals surface area contributed by atoms with Gasteiger partial charge in [-0.05, 0) is 52.7 Å². The molecule has 1 atom stereocenters. The van der Waals surface area contributed by atoms with Crippen molar-refractivity contribution in [2.24, 2.45) is 0 Å². The molecule has 0 fully saturated rings. The van der Waals surface area contributed by atoms with Crippen LogP contribution < -0.4 is 5.32 Å². The van der Waals surface area contributed by atoms with Gasteiger partial charge in [-0.15, -0.1) is 5.10 Å². The number of carbonyl (C=O) groups excluding carboxylic acids is 1. The van der Waals surface area contributed by atoms with E-state index in [1.54, 1.807) is 4.68 Å². The Hall–Kier alpha value is -3.45. The van der Waals surface area contributed by atoms with E-state index < -0.39 is 5.25 Å². The van der Waals surface area contributed by atoms with Gasteiger partial charge in [0.05, 0.1) is 5.69 Å². The van der Waals surface area contributed by atoms with Gasteiger partial charge in [0, 0.05) is 5.69 Å². The summed E-state index contributed by atoms with van der Waals surface area (Å²) in [6, 6.07) is 27.0. The average molecular weight is 401 g/mol. The van der Waals surface area contributed by atoms with E-state index in [0.29, 0.717) is 5.16 Å². The van der Waals surface area contributed by atoms with Crippen LogP contribution in [0.25, 0.3) is 5.69 Å². The predicted octanol–water partition coefficient (Wildman–Crippen LogP) is 4.44. The maximum atomic E-state index is 13.1. The molecule has 4 aromatic rings. The minimum atomic E-state index is -0.508. The summed E-state index contributed by atoms with van der Waals surface area (Å²) >= 11 is 1.32. The van der Waals surface area contributed by atoms with Gasteiger partial charge in [-0.1, -0.05) is 72.4 Å². The molecule has 29 heavy (non-hydrogen) atoms. The molecule has 1 aromatic heterocycles. The van der Waals surface area contributed by atoms with Gasteiger partial charge >= 0.3 is 0 Å². The molecule has 6 nitrogen and oxygen atoms in total. The number of tetrazole rings is 1. The molecule has 7 heteroatoms. The lowest BCUT2D eigenvalue weighted by Crippen LogP contribution is -2.19. The number of hydrogen-bond donors (Lipinski definition) is 1. The standard InChI is InChI=1S/C22H19N5OS/c1-16-9-8-14-19(15-16)27-22(24-25-26-27)29-20(17-10-4-2-5-11-17)21(28)23-18-12-6-3-7-13-18/h2-15,20H,1H3,(H,23,28). The highest BCUT2D eigenvalue weighted by Crippen LogP contribution is 2.35. The van der Waals surface area contributed by atoms with Crippen LogP contribution in [-0.2, 0) is 4.79 Å². The maximum Gasteiger partial charge on any atom is 0.242 e. The fourth-order valence-corrected chi connectivity index (χ4v) is 3.91. The van der Waals surface area contributed by atoms with E-state index in [9.17, 15) is 4.79 Å². The third-order valence-corrected chi connectivity index (χ3v) is 5.48. The number of nitrogens with zero attached hydrogens (tertiary/aromatic N) is 4. The number of aryl methyl sites for hydroxylation is 1. The Morgan fingerprint density at radius 1 is 0.966 bits per heavy atom. The van der Waals surface area contributed by atoms with Crippen LogP contribution in [0.3, 0.4) is 0 Å². The molecule has 0 saturated carbocycles. The van der Waals surface area contributed by atoms with Gasteiger partial charge in [0.2, 0.25) is 11.1 Å². The van der Waals surface area contributed by atoms with E-state index in [-0.39, 0.29) is 5.91 Å². The minimum Gasteiger partial charge on any atom is -0.325 e. The van der Waals surface area contributed by atoms with E-state index in [1.165, 1.54) is 11.8 Å². The van der Waals surface area contributed by atoms with Crippen LogP contribution in [0.5, 0.6) is 0 Å². The van der Waals surface area contributed by atoms with Gasteiger partial charge in [-0.3, -0.25) is 4.79 Å². The molecule has 4 rings (SSSR count). The number of hydrogen-bond acceptors (Lipinski definition) is 5. The van der Waals surface area contributed by atoms with Gasteiger partial charge in [-0.2, -0.15) is 4.68 Å². The second kappa shape index (κ2) is 8.70. The molecule has 1 heterocycles. The van der Waals surface area contributed by atoms with E-state index in [2.05, 4.69) is 20.8 Å². The fraction of sp³-hybridized carbons (Fsp3) is 0.0909. The molecular formula is C22H19N5OS. The van der Waals surface area contributed by atoms with Gasteiger partial charge in [0.25, 0.3) is 0 Å². The van der Waals surface area contributed by atoms with Crippen molar-refractivity contribution < 1.29 is 4.79 Å². The third kappa shape index (κ3) is 4.52. The quantitative estimate of drug-likeness (QED) is 0.484. The van der Waals surface area contributed by atoms with Crippen molar-refractivity contribution in [1.29, 1.82) is 0 Å². The molecule has 0 aliphatic rings. The SMILES string of the molecule is Cc1cccc(-n2nnnc2SC(C(=O)Nc2ccccc2)c2ccccc2)c1. The molecule has 1 amide bonds. The summed E-state index contributed by atoms with van der Waals surface area (Å²) in [5, 5.41) is 15.1. The molecule has 0 aliphatic carbocycles. The van der Waals surface area contributed by atoms with Crippen LogP contribution in [0.15, 0.2) is 90.1 Å². The predicted molar refractivity (Wildman–Crippen MR) is 114 cm³/mol. The Morgan fingerprint density at radius 3 is 2.41 bits per heavy atom. The Balaban J connectivity index is 1.65. The number of amides is 1. The van der Waals surface area contributed by atoms with E-state index in [4.69, 9.17) is 0 Å². The summed E-state index contributed by atoms with van der Waals surface area (Å²) in [6.45, 7) is 2.01. The summed E-state index contributed by atoms with van der Waals surface area (Å²) < 4.78 is 1.66. The van der Waals surface area contributed by atoms with Crippen molar-refractivity contribution in [2.45, 2.75) is 17.3 Å². The summed E-state index contributed by atoms with van der Waals surface area (Å²) in [6.07, 6.45) is 0. The van der Waals surface area contributed by atoms with E-state index >= 15 is 0 Å². The van der Waals surface area contributed by atoms with Crippen molar-refractivity contribution >= 4 is 23.4 Å². The first-order valence-corrected chi connectivity index (χ1v) is 10.0. The van der Waals surface area contributed by atoms with Crippen molar-refractivity contribution in [2.75, 3.05) is 5.32 Å². The first-order chi connectivity index (χ1) is 14.2. The van der Waals surface area contributed by atoms with Gasteiger partial charge in [0.1, 0.15) is 5.25 Å². The highest BCUT2D eigenvalue weighted by Gasteiger charge is 2.25. The lowest BCUT2D eigenvalue weighted by atomic mass is 10.1. The lowest BCUT2D eigenvalue weighted by Gasteiger charge is -2.16. The summed E-state index contributed by atoms with van der Waals surface area (Å²) in [4.78, 5) is 13.1. The van der Waals surface area contributed by atoms with Crippen molar-refractivity contribution in [3.63, 3.8) is 0 Å². The van der Waals surface area contributed by atoms with Crippen LogP contribution in [0.1, 0.15) is 16.4 Å². The number of anilines is 1. The fourth-order valence-electron chi connectivity index (χ4n) is 2.91. The lowest BCUT2D eigenvalue weighted by molar-refractivity contribution is -0.115. The van der Waals surface area contributed by atoms with Crippen LogP contribution in [0.2, 0.25) is 0 Å².